The molecule has 3 N–H and O–H groups in total. The van der Waals surface area contributed by atoms with Gasteiger partial charge in [0.15, 0.2) is 0 Å². The van der Waals surface area contributed by atoms with Crippen molar-refractivity contribution in [2.75, 3.05) is 0 Å². The summed E-state index contributed by atoms with van der Waals surface area (Å²) in [6.07, 6.45) is 0. The van der Waals surface area contributed by atoms with Crippen LogP contribution in [-0.4, -0.2) is 15.7 Å². The van der Waals surface area contributed by atoms with E-state index >= 15 is 0 Å². The number of rotatable bonds is 3. The number of benzene rings is 2. The third-order valence-electron chi connectivity index (χ3n) is 3.29. The summed E-state index contributed by atoms with van der Waals surface area (Å²) in [4.78, 5) is 23.6. The van der Waals surface area contributed by atoms with E-state index in [2.05, 4.69) is 5.10 Å². The lowest BCUT2D eigenvalue weighted by atomic mass is 10.1. The predicted molar refractivity (Wildman–Crippen MR) is 81.6 cm³/mol. The van der Waals surface area contributed by atoms with Gasteiger partial charge in [-0.3, -0.25) is 19.4 Å². The molecule has 1 aromatic heterocycles. The maximum Gasteiger partial charge on any atom is 0.272 e. The van der Waals surface area contributed by atoms with Crippen LogP contribution in [0.25, 0.3) is 10.9 Å². The minimum atomic E-state index is -0.675. The van der Waals surface area contributed by atoms with E-state index in [1.54, 1.807) is 10.7 Å². The van der Waals surface area contributed by atoms with Crippen molar-refractivity contribution in [3.63, 3.8) is 0 Å². The molecule has 0 fully saturated rings. The summed E-state index contributed by atoms with van der Waals surface area (Å²) in [5.41, 5.74) is 6.67. The molecule has 0 saturated heterocycles. The zero-order chi connectivity index (χ0) is 15.0. The van der Waals surface area contributed by atoms with Crippen LogP contribution in [0.4, 0.5) is 0 Å². The van der Waals surface area contributed by atoms with Gasteiger partial charge in [-0.1, -0.05) is 41.9 Å². The Kier molecular flexibility index (Phi) is 3.27. The van der Waals surface area contributed by atoms with Crippen molar-refractivity contribution in [1.82, 2.24) is 9.78 Å². The van der Waals surface area contributed by atoms with Crippen LogP contribution >= 0.6 is 11.6 Å². The number of primary amides is 1. The molecule has 5 nitrogen and oxygen atoms in total. The number of nitrogens with one attached hydrogen (secondary N) is 1. The molecule has 0 aliphatic carbocycles. The number of hydrogen-bond acceptors (Lipinski definition) is 2. The Bertz CT molecular complexity index is 881. The van der Waals surface area contributed by atoms with E-state index in [-0.39, 0.29) is 16.5 Å². The van der Waals surface area contributed by atoms with E-state index in [9.17, 15) is 9.59 Å². The van der Waals surface area contributed by atoms with Crippen LogP contribution < -0.4 is 11.3 Å². The second kappa shape index (κ2) is 5.10. The molecule has 0 atom stereocenters. The standard InChI is InChI=1S/C15H12ClN3O2/c16-10-6-11(14(17)20)13-12(7-10)19(18-15(13)21)8-9-4-2-1-3-5-9/h1-7H,8H2,(H2,17,20)(H,18,21). The molecule has 3 aromatic rings. The van der Waals surface area contributed by atoms with Crippen molar-refractivity contribution in [3.8, 4) is 0 Å². The van der Waals surface area contributed by atoms with Gasteiger partial charge in [0.25, 0.3) is 5.56 Å². The Morgan fingerprint density at radius 2 is 1.95 bits per heavy atom. The van der Waals surface area contributed by atoms with Gasteiger partial charge in [-0.05, 0) is 17.7 Å². The Labute approximate surface area is 124 Å². The van der Waals surface area contributed by atoms with Crippen molar-refractivity contribution in [2.24, 2.45) is 5.73 Å². The number of nitrogens with zero attached hydrogens (tertiary/aromatic N) is 1. The molecule has 0 radical (unpaired) electrons. The third kappa shape index (κ3) is 2.43. The monoisotopic (exact) mass is 301 g/mol. The molecule has 0 saturated carbocycles. The highest BCUT2D eigenvalue weighted by Gasteiger charge is 2.16. The average Bonchev–Trinajstić information content (AvgIpc) is 2.75. The predicted octanol–water partition coefficient (Wildman–Crippen LogP) is 2.13. The summed E-state index contributed by atoms with van der Waals surface area (Å²) in [5.74, 6) is -0.675. The smallest absolute Gasteiger partial charge is 0.272 e. The van der Waals surface area contributed by atoms with Gasteiger partial charge in [0.1, 0.15) is 0 Å². The minimum absolute atomic E-state index is 0.130. The van der Waals surface area contributed by atoms with Gasteiger partial charge in [0.2, 0.25) is 5.91 Å². The number of carbonyl (C=O) groups is 1. The number of nitrogens with two attached hydrogens (primary N) is 1. The molecule has 3 rings (SSSR count). The van der Waals surface area contributed by atoms with Crippen molar-refractivity contribution < 1.29 is 4.79 Å². The molecule has 0 bridgehead atoms. The van der Waals surface area contributed by atoms with Crippen LogP contribution in [0.15, 0.2) is 47.3 Å². The minimum Gasteiger partial charge on any atom is -0.366 e. The lowest BCUT2D eigenvalue weighted by Crippen LogP contribution is -2.14. The molecule has 1 heterocycles. The highest BCUT2D eigenvalue weighted by Crippen LogP contribution is 2.22. The number of hydrogen-bond donors (Lipinski definition) is 2. The summed E-state index contributed by atoms with van der Waals surface area (Å²) in [6.45, 7) is 0.470. The maximum absolute atomic E-state index is 12.1. The Morgan fingerprint density at radius 3 is 2.62 bits per heavy atom. The molecule has 6 heteroatoms. The zero-order valence-corrected chi connectivity index (χ0v) is 11.7. The molecule has 0 unspecified atom stereocenters. The summed E-state index contributed by atoms with van der Waals surface area (Å²) in [7, 11) is 0. The van der Waals surface area contributed by atoms with Gasteiger partial charge >= 0.3 is 0 Å². The molecule has 0 aliphatic rings. The van der Waals surface area contributed by atoms with Gasteiger partial charge in [-0.2, -0.15) is 0 Å². The van der Waals surface area contributed by atoms with E-state index < -0.39 is 5.91 Å². The number of H-pyrrole nitrogens is 1. The van der Waals surface area contributed by atoms with E-state index in [4.69, 9.17) is 17.3 Å². The number of carbonyl (C=O) groups excluding carboxylic acids is 1. The Balaban J connectivity index is 2.22. The molecular weight excluding hydrogens is 290 g/mol. The first-order valence-electron chi connectivity index (χ1n) is 6.32. The number of halogens is 1. The molecule has 21 heavy (non-hydrogen) atoms. The normalized spacial score (nSPS) is 10.9. The number of aromatic amines is 1. The number of amides is 1. The lowest BCUT2D eigenvalue weighted by Gasteiger charge is -2.06. The SMILES string of the molecule is NC(=O)c1cc(Cl)cc2c1c(=O)[nH]n2Cc1ccccc1. The molecule has 1 amide bonds. The van der Waals surface area contributed by atoms with Gasteiger partial charge in [-0.25, -0.2) is 0 Å². The summed E-state index contributed by atoms with van der Waals surface area (Å²) in [5, 5.41) is 3.34. The molecule has 0 spiro atoms. The molecule has 2 aromatic carbocycles. The quantitative estimate of drug-likeness (QED) is 0.777. The second-order valence-corrected chi connectivity index (χ2v) is 5.16. The lowest BCUT2D eigenvalue weighted by molar-refractivity contribution is 0.100. The first kappa shape index (κ1) is 13.5. The second-order valence-electron chi connectivity index (χ2n) is 4.72. The topological polar surface area (TPSA) is 80.9 Å². The maximum atomic E-state index is 12.1. The summed E-state index contributed by atoms with van der Waals surface area (Å²) < 4.78 is 1.66. The highest BCUT2D eigenvalue weighted by atomic mass is 35.5. The fraction of sp³-hybridized carbons (Fsp3) is 0.0667. The van der Waals surface area contributed by atoms with Crippen LogP contribution in [0, 0.1) is 0 Å². The fourth-order valence-electron chi connectivity index (χ4n) is 2.37. The average molecular weight is 302 g/mol. The molecule has 106 valence electrons. The van der Waals surface area contributed by atoms with Crippen LogP contribution in [-0.2, 0) is 6.54 Å². The van der Waals surface area contributed by atoms with Crippen molar-refractivity contribution in [1.29, 1.82) is 0 Å². The first-order chi connectivity index (χ1) is 10.1. The molecule has 0 aliphatic heterocycles. The van der Waals surface area contributed by atoms with Crippen molar-refractivity contribution >= 4 is 28.4 Å². The van der Waals surface area contributed by atoms with Gasteiger partial charge < -0.3 is 5.73 Å². The van der Waals surface area contributed by atoms with Gasteiger partial charge in [-0.15, -0.1) is 0 Å². The zero-order valence-electron chi connectivity index (χ0n) is 11.0. The largest absolute Gasteiger partial charge is 0.366 e. The third-order valence-corrected chi connectivity index (χ3v) is 3.50. The fourth-order valence-corrected chi connectivity index (χ4v) is 2.58. The van der Waals surface area contributed by atoms with Crippen LogP contribution in [0.2, 0.25) is 5.02 Å². The first-order valence-corrected chi connectivity index (χ1v) is 6.70. The van der Waals surface area contributed by atoms with Crippen LogP contribution in [0.1, 0.15) is 15.9 Å². The summed E-state index contributed by atoms with van der Waals surface area (Å²) in [6, 6.07) is 12.7. The number of fused-ring (bicyclic) bond motifs is 1. The van der Waals surface area contributed by atoms with E-state index in [1.807, 2.05) is 30.3 Å². The summed E-state index contributed by atoms with van der Waals surface area (Å²) >= 11 is 6.02. The van der Waals surface area contributed by atoms with Crippen molar-refractivity contribution in [3.05, 3.63) is 69.0 Å². The Hall–Kier alpha value is -2.53. The Morgan fingerprint density at radius 1 is 1.24 bits per heavy atom. The van der Waals surface area contributed by atoms with Crippen LogP contribution in [0.5, 0.6) is 0 Å². The molecular formula is C15H12ClN3O2. The number of aromatic nitrogens is 2. The van der Waals surface area contributed by atoms with Gasteiger partial charge in [0.05, 0.1) is 23.0 Å². The highest BCUT2D eigenvalue weighted by molar-refractivity contribution is 6.32. The van der Waals surface area contributed by atoms with Crippen LogP contribution in [0.3, 0.4) is 0 Å². The van der Waals surface area contributed by atoms with E-state index in [0.717, 1.165) is 5.56 Å². The van der Waals surface area contributed by atoms with Crippen molar-refractivity contribution in [2.45, 2.75) is 6.54 Å². The van der Waals surface area contributed by atoms with Gasteiger partial charge in [0, 0.05) is 5.02 Å². The van der Waals surface area contributed by atoms with E-state index in [0.29, 0.717) is 17.1 Å². The van der Waals surface area contributed by atoms with E-state index in [1.165, 1.54) is 6.07 Å².